The van der Waals surface area contributed by atoms with Crippen LogP contribution < -0.4 is 4.74 Å². The van der Waals surface area contributed by atoms with Crippen LogP contribution in [0.5, 0.6) is 5.75 Å². The van der Waals surface area contributed by atoms with Crippen molar-refractivity contribution < 1.29 is 9.53 Å². The zero-order valence-electron chi connectivity index (χ0n) is 7.87. The molecule has 1 aromatic rings. The molecule has 1 aromatic carbocycles. The van der Waals surface area contributed by atoms with Gasteiger partial charge in [0.1, 0.15) is 5.75 Å². The Morgan fingerprint density at radius 1 is 1.36 bits per heavy atom. The van der Waals surface area contributed by atoms with Crippen molar-refractivity contribution in [2.24, 2.45) is 0 Å². The number of rotatable bonds is 1. The van der Waals surface area contributed by atoms with Crippen molar-refractivity contribution in [3.05, 3.63) is 29.3 Å². The maximum Gasteiger partial charge on any atom is 0.200 e. The molecule has 0 aliphatic heterocycles. The smallest absolute Gasteiger partial charge is 0.200 e. The number of Topliss-reactive ketones (excluding diaryl/α,β-unsaturated/α-hetero) is 1. The van der Waals surface area contributed by atoms with Gasteiger partial charge in [0, 0.05) is 5.56 Å². The number of thiocarbonyl (C=S) groups is 1. The molecular weight excluding hydrogens is 196 g/mol. The van der Waals surface area contributed by atoms with Gasteiger partial charge in [-0.1, -0.05) is 18.3 Å². The molecule has 0 amide bonds. The van der Waals surface area contributed by atoms with Crippen LogP contribution in [-0.4, -0.2) is 17.8 Å². The van der Waals surface area contributed by atoms with Crippen molar-refractivity contribution in [2.75, 3.05) is 7.11 Å². The zero-order chi connectivity index (χ0) is 10.1. The van der Waals surface area contributed by atoms with Crippen LogP contribution in [-0.2, 0) is 6.42 Å². The molecule has 0 N–H and O–H groups in total. The predicted octanol–water partition coefficient (Wildman–Crippen LogP) is 2.19. The van der Waals surface area contributed by atoms with E-state index in [-0.39, 0.29) is 5.78 Å². The summed E-state index contributed by atoms with van der Waals surface area (Å²) in [4.78, 5) is 12.2. The number of methoxy groups -OCH3 is 1. The molecule has 0 saturated heterocycles. The second-order valence-corrected chi connectivity index (χ2v) is 3.77. The van der Waals surface area contributed by atoms with Gasteiger partial charge in [-0.05, 0) is 30.5 Å². The maximum absolute atomic E-state index is 11.7. The molecule has 1 aliphatic rings. The highest BCUT2D eigenvalue weighted by atomic mass is 32.1. The van der Waals surface area contributed by atoms with Gasteiger partial charge < -0.3 is 4.74 Å². The van der Waals surface area contributed by atoms with E-state index in [9.17, 15) is 4.79 Å². The maximum atomic E-state index is 11.7. The Morgan fingerprint density at radius 2 is 2.14 bits per heavy atom. The van der Waals surface area contributed by atoms with Gasteiger partial charge >= 0.3 is 0 Å². The molecule has 0 spiro atoms. The lowest BCUT2D eigenvalue weighted by molar-refractivity contribution is 0.106. The van der Waals surface area contributed by atoms with Gasteiger partial charge in [0.05, 0.1) is 12.0 Å². The van der Waals surface area contributed by atoms with E-state index in [1.165, 1.54) is 0 Å². The Balaban J connectivity index is 2.51. The van der Waals surface area contributed by atoms with Crippen LogP contribution in [0.4, 0.5) is 0 Å². The highest BCUT2D eigenvalue weighted by molar-refractivity contribution is 7.82. The Labute approximate surface area is 87.9 Å². The number of ketones is 1. The lowest BCUT2D eigenvalue weighted by atomic mass is 9.90. The van der Waals surface area contributed by atoms with E-state index in [2.05, 4.69) is 0 Å². The normalized spacial score (nSPS) is 15.2. The van der Waals surface area contributed by atoms with Gasteiger partial charge in [-0.25, -0.2) is 0 Å². The van der Waals surface area contributed by atoms with Crippen LogP contribution in [0, 0.1) is 0 Å². The van der Waals surface area contributed by atoms with Crippen molar-refractivity contribution in [3.8, 4) is 5.75 Å². The minimum absolute atomic E-state index is 0.0137. The minimum atomic E-state index is -0.0137. The first-order chi connectivity index (χ1) is 6.72. The second kappa shape index (κ2) is 3.50. The summed E-state index contributed by atoms with van der Waals surface area (Å²) in [6.45, 7) is 0. The molecule has 0 radical (unpaired) electrons. The summed E-state index contributed by atoms with van der Waals surface area (Å²) in [5.74, 6) is 0.696. The van der Waals surface area contributed by atoms with Crippen LogP contribution in [0.1, 0.15) is 22.3 Å². The quantitative estimate of drug-likeness (QED) is 0.659. The molecule has 2 rings (SSSR count). The number of hydrogen-bond acceptors (Lipinski definition) is 3. The van der Waals surface area contributed by atoms with Crippen molar-refractivity contribution in [2.45, 2.75) is 12.8 Å². The highest BCUT2D eigenvalue weighted by Gasteiger charge is 2.21. The number of fused-ring (bicyclic) bond motifs is 1. The van der Waals surface area contributed by atoms with Gasteiger partial charge in [0.15, 0.2) is 5.78 Å². The van der Waals surface area contributed by atoms with E-state index in [0.717, 1.165) is 12.0 Å². The average Bonchev–Trinajstić information content (AvgIpc) is 2.23. The van der Waals surface area contributed by atoms with Crippen molar-refractivity contribution >= 4 is 22.9 Å². The number of carbonyl (C=O) groups excluding carboxylic acids is 1. The fraction of sp³-hybridized carbons (Fsp3) is 0.273. The third kappa shape index (κ3) is 1.44. The molecule has 3 heteroatoms. The lowest BCUT2D eigenvalue weighted by Crippen LogP contribution is -2.20. The van der Waals surface area contributed by atoms with Gasteiger partial charge in [0.2, 0.25) is 0 Å². The first kappa shape index (κ1) is 9.34. The van der Waals surface area contributed by atoms with E-state index >= 15 is 0 Å². The van der Waals surface area contributed by atoms with Gasteiger partial charge in [-0.15, -0.1) is 0 Å². The van der Waals surface area contributed by atoms with E-state index < -0.39 is 0 Å². The van der Waals surface area contributed by atoms with Crippen LogP contribution >= 0.6 is 12.2 Å². The minimum Gasteiger partial charge on any atom is -0.497 e. The molecule has 0 bridgehead atoms. The summed E-state index contributed by atoms with van der Waals surface area (Å²) in [7, 11) is 1.59. The largest absolute Gasteiger partial charge is 0.497 e. The molecule has 0 unspecified atom stereocenters. The van der Waals surface area contributed by atoms with Gasteiger partial charge in [-0.3, -0.25) is 4.79 Å². The standard InChI is InChI=1S/C11H10O2S/c1-13-8-4-2-7-3-5-10(14)11(12)9(7)6-8/h2,4,6H,3,5H2,1H3. The summed E-state index contributed by atoms with van der Waals surface area (Å²) in [5.41, 5.74) is 1.78. The van der Waals surface area contributed by atoms with Crippen LogP contribution in [0.3, 0.4) is 0 Å². The lowest BCUT2D eigenvalue weighted by Gasteiger charge is -2.15. The third-order valence-electron chi connectivity index (χ3n) is 2.44. The Kier molecular flexibility index (Phi) is 2.33. The summed E-state index contributed by atoms with van der Waals surface area (Å²) in [5, 5.41) is 0. The molecule has 0 heterocycles. The molecule has 0 saturated carbocycles. The summed E-state index contributed by atoms with van der Waals surface area (Å²) in [6, 6.07) is 5.58. The number of hydrogen-bond donors (Lipinski definition) is 0. The van der Waals surface area contributed by atoms with Crippen molar-refractivity contribution in [1.82, 2.24) is 0 Å². The fourth-order valence-electron chi connectivity index (χ4n) is 1.62. The molecule has 72 valence electrons. The van der Waals surface area contributed by atoms with Gasteiger partial charge in [-0.2, -0.15) is 0 Å². The van der Waals surface area contributed by atoms with Gasteiger partial charge in [0.25, 0.3) is 0 Å². The Morgan fingerprint density at radius 3 is 2.86 bits per heavy atom. The fourth-order valence-corrected chi connectivity index (χ4v) is 1.84. The van der Waals surface area contributed by atoms with E-state index in [1.54, 1.807) is 13.2 Å². The van der Waals surface area contributed by atoms with E-state index in [4.69, 9.17) is 17.0 Å². The van der Waals surface area contributed by atoms with E-state index in [0.29, 0.717) is 22.6 Å². The number of benzene rings is 1. The third-order valence-corrected chi connectivity index (χ3v) is 2.83. The highest BCUT2D eigenvalue weighted by Crippen LogP contribution is 2.24. The number of aryl methyl sites for hydroxylation is 1. The molecule has 2 nitrogen and oxygen atoms in total. The number of carbonyl (C=O) groups is 1. The molecule has 1 aliphatic carbocycles. The SMILES string of the molecule is COc1ccc2c(c1)C(=O)C(=S)CC2. The monoisotopic (exact) mass is 206 g/mol. The Hall–Kier alpha value is -1.22. The first-order valence-electron chi connectivity index (χ1n) is 4.47. The summed E-state index contributed by atoms with van der Waals surface area (Å²) >= 11 is 4.99. The molecule has 14 heavy (non-hydrogen) atoms. The molecule has 0 atom stereocenters. The predicted molar refractivity (Wildman–Crippen MR) is 58.2 cm³/mol. The van der Waals surface area contributed by atoms with Crippen LogP contribution in [0.15, 0.2) is 18.2 Å². The number of ether oxygens (including phenoxy) is 1. The van der Waals surface area contributed by atoms with Crippen LogP contribution in [0.25, 0.3) is 0 Å². The molecule has 0 fully saturated rings. The summed E-state index contributed by atoms with van der Waals surface area (Å²) < 4.78 is 5.07. The second-order valence-electron chi connectivity index (χ2n) is 3.28. The molecular formula is C11H10O2S. The Bertz CT molecular complexity index is 410. The topological polar surface area (TPSA) is 26.3 Å². The summed E-state index contributed by atoms with van der Waals surface area (Å²) in [6.07, 6.45) is 1.57. The van der Waals surface area contributed by atoms with E-state index in [1.807, 2.05) is 12.1 Å². The van der Waals surface area contributed by atoms with Crippen molar-refractivity contribution in [3.63, 3.8) is 0 Å². The van der Waals surface area contributed by atoms with Crippen LogP contribution in [0.2, 0.25) is 0 Å². The average molecular weight is 206 g/mol. The molecule has 0 aromatic heterocycles. The van der Waals surface area contributed by atoms with Crippen molar-refractivity contribution in [1.29, 1.82) is 0 Å². The first-order valence-corrected chi connectivity index (χ1v) is 4.87. The zero-order valence-corrected chi connectivity index (χ0v) is 8.69.